The quantitative estimate of drug-likeness (QED) is 0.833. The van der Waals surface area contributed by atoms with Crippen LogP contribution in [0.2, 0.25) is 0 Å². The van der Waals surface area contributed by atoms with Crippen molar-refractivity contribution in [2.75, 3.05) is 14.1 Å². The fraction of sp³-hybridized carbons (Fsp3) is 0.636. The van der Waals surface area contributed by atoms with Crippen LogP contribution < -0.4 is 0 Å². The van der Waals surface area contributed by atoms with Gasteiger partial charge in [-0.3, -0.25) is 0 Å². The summed E-state index contributed by atoms with van der Waals surface area (Å²) in [6, 6.07) is 2.05. The van der Waals surface area contributed by atoms with Gasteiger partial charge >= 0.3 is 0 Å². The van der Waals surface area contributed by atoms with Crippen molar-refractivity contribution in [2.45, 2.75) is 32.4 Å². The van der Waals surface area contributed by atoms with Gasteiger partial charge in [0, 0.05) is 10.4 Å². The predicted molar refractivity (Wildman–Crippen MR) is 61.8 cm³/mol. The largest absolute Gasteiger partial charge is 0.386 e. The minimum atomic E-state index is -0.419. The molecular formula is C11H19NOS. The number of aryl methyl sites for hydroxylation is 1. The molecule has 0 aliphatic rings. The van der Waals surface area contributed by atoms with E-state index in [4.69, 9.17) is 0 Å². The second-order valence-electron chi connectivity index (χ2n) is 4.42. The Balaban J connectivity index is 2.96. The van der Waals surface area contributed by atoms with E-state index >= 15 is 0 Å². The fourth-order valence-electron chi connectivity index (χ4n) is 1.23. The van der Waals surface area contributed by atoms with Crippen LogP contribution in [0.15, 0.2) is 11.4 Å². The molecule has 0 aromatic carbocycles. The average Bonchev–Trinajstić information content (AvgIpc) is 2.49. The van der Waals surface area contributed by atoms with E-state index in [1.54, 1.807) is 11.3 Å². The van der Waals surface area contributed by atoms with Gasteiger partial charge in [-0.05, 0) is 51.9 Å². The first-order chi connectivity index (χ1) is 6.37. The second kappa shape index (κ2) is 4.01. The Labute approximate surface area is 90.2 Å². The molecule has 0 bridgehead atoms. The number of rotatable bonds is 3. The molecule has 0 saturated heterocycles. The third-order valence-corrected chi connectivity index (χ3v) is 4.04. The summed E-state index contributed by atoms with van der Waals surface area (Å²) >= 11 is 1.63. The molecule has 1 rings (SSSR count). The molecule has 2 nitrogen and oxygen atoms in total. The normalized spacial score (nSPS) is 14.8. The van der Waals surface area contributed by atoms with Crippen LogP contribution in [-0.4, -0.2) is 29.6 Å². The Bertz CT molecular complexity index is 304. The Hall–Kier alpha value is -0.380. The van der Waals surface area contributed by atoms with Gasteiger partial charge in [-0.2, -0.15) is 0 Å². The summed E-state index contributed by atoms with van der Waals surface area (Å²) in [4.78, 5) is 3.13. The van der Waals surface area contributed by atoms with Gasteiger partial charge in [0.05, 0.1) is 0 Å². The molecule has 0 spiro atoms. The summed E-state index contributed by atoms with van der Waals surface area (Å²) in [5.74, 6) is 0. The van der Waals surface area contributed by atoms with E-state index in [9.17, 15) is 5.11 Å². The van der Waals surface area contributed by atoms with Crippen molar-refractivity contribution >= 4 is 11.3 Å². The highest BCUT2D eigenvalue weighted by atomic mass is 32.1. The van der Waals surface area contributed by atoms with E-state index in [2.05, 4.69) is 24.8 Å². The number of nitrogens with zero attached hydrogens (tertiary/aromatic N) is 1. The first kappa shape index (κ1) is 11.7. The monoisotopic (exact) mass is 213 g/mol. The van der Waals surface area contributed by atoms with E-state index in [1.807, 2.05) is 26.4 Å². The number of hydrogen-bond donors (Lipinski definition) is 1. The van der Waals surface area contributed by atoms with Gasteiger partial charge in [0.2, 0.25) is 0 Å². The van der Waals surface area contributed by atoms with Gasteiger partial charge in [-0.15, -0.1) is 11.3 Å². The van der Waals surface area contributed by atoms with Crippen LogP contribution in [0.5, 0.6) is 0 Å². The average molecular weight is 213 g/mol. The van der Waals surface area contributed by atoms with Crippen molar-refractivity contribution in [1.82, 2.24) is 4.90 Å². The summed E-state index contributed by atoms with van der Waals surface area (Å²) in [5.41, 5.74) is 0.952. The Morgan fingerprint density at radius 3 is 2.36 bits per heavy atom. The molecule has 3 heteroatoms. The van der Waals surface area contributed by atoms with Crippen LogP contribution in [0.3, 0.4) is 0 Å². The third kappa shape index (κ3) is 2.00. The van der Waals surface area contributed by atoms with Gasteiger partial charge in [0.15, 0.2) is 0 Å². The van der Waals surface area contributed by atoms with Gasteiger partial charge in [-0.1, -0.05) is 0 Å². The zero-order chi connectivity index (χ0) is 10.9. The molecule has 1 aromatic heterocycles. The zero-order valence-electron chi connectivity index (χ0n) is 9.53. The third-order valence-electron chi connectivity index (χ3n) is 2.97. The van der Waals surface area contributed by atoms with Crippen LogP contribution in [0.1, 0.15) is 30.4 Å². The predicted octanol–water partition coefficient (Wildman–Crippen LogP) is 2.43. The molecule has 0 aliphatic carbocycles. The molecule has 1 aromatic rings. The fourth-order valence-corrected chi connectivity index (χ4v) is 2.32. The number of aliphatic hydroxyl groups is 1. The molecule has 14 heavy (non-hydrogen) atoms. The number of likely N-dealkylation sites (N-methyl/N-ethyl adjacent to an activating group) is 1. The summed E-state index contributed by atoms with van der Waals surface area (Å²) in [6.45, 7) is 6.15. The maximum atomic E-state index is 10.3. The maximum Gasteiger partial charge on any atom is 0.106 e. The molecule has 0 aliphatic heterocycles. The van der Waals surface area contributed by atoms with Gasteiger partial charge in [0.1, 0.15) is 6.10 Å². The van der Waals surface area contributed by atoms with E-state index in [1.165, 1.54) is 5.56 Å². The standard InChI is InChI=1S/C11H19NOS/c1-8-6-7-14-9(8)10(13)11(2,3)12(4)5/h6-7,10,13H,1-5H3. The zero-order valence-corrected chi connectivity index (χ0v) is 10.4. The second-order valence-corrected chi connectivity index (χ2v) is 5.37. The number of hydrogen-bond acceptors (Lipinski definition) is 3. The minimum absolute atomic E-state index is 0.227. The van der Waals surface area contributed by atoms with Crippen LogP contribution >= 0.6 is 11.3 Å². The number of aliphatic hydroxyl groups excluding tert-OH is 1. The molecule has 1 N–H and O–H groups in total. The molecular weight excluding hydrogens is 194 g/mol. The van der Waals surface area contributed by atoms with Crippen LogP contribution in [-0.2, 0) is 0 Å². The van der Waals surface area contributed by atoms with Crippen LogP contribution in [0.4, 0.5) is 0 Å². The molecule has 1 unspecified atom stereocenters. The number of thiophene rings is 1. The first-order valence-electron chi connectivity index (χ1n) is 4.77. The lowest BCUT2D eigenvalue weighted by Gasteiger charge is -2.37. The molecule has 0 saturated carbocycles. The summed E-state index contributed by atoms with van der Waals surface area (Å²) in [5, 5.41) is 12.3. The lowest BCUT2D eigenvalue weighted by atomic mass is 9.93. The smallest absolute Gasteiger partial charge is 0.106 e. The lowest BCUT2D eigenvalue weighted by molar-refractivity contribution is 0.0184. The Kier molecular flexibility index (Phi) is 3.35. The van der Waals surface area contributed by atoms with Crippen molar-refractivity contribution < 1.29 is 5.11 Å². The topological polar surface area (TPSA) is 23.5 Å². The highest BCUT2D eigenvalue weighted by Gasteiger charge is 2.32. The van der Waals surface area contributed by atoms with E-state index in [-0.39, 0.29) is 5.54 Å². The minimum Gasteiger partial charge on any atom is -0.386 e. The van der Waals surface area contributed by atoms with Gasteiger partial charge < -0.3 is 10.0 Å². The molecule has 0 fully saturated rings. The lowest BCUT2D eigenvalue weighted by Crippen LogP contribution is -2.43. The van der Waals surface area contributed by atoms with Crippen molar-refractivity contribution in [3.05, 3.63) is 21.9 Å². The summed E-state index contributed by atoms with van der Waals surface area (Å²) in [7, 11) is 3.98. The summed E-state index contributed by atoms with van der Waals surface area (Å²) in [6.07, 6.45) is -0.419. The molecule has 1 heterocycles. The highest BCUT2D eigenvalue weighted by molar-refractivity contribution is 7.10. The highest BCUT2D eigenvalue weighted by Crippen LogP contribution is 2.34. The van der Waals surface area contributed by atoms with Gasteiger partial charge in [-0.25, -0.2) is 0 Å². The van der Waals surface area contributed by atoms with E-state index in [0.29, 0.717) is 0 Å². The summed E-state index contributed by atoms with van der Waals surface area (Å²) < 4.78 is 0. The molecule has 80 valence electrons. The van der Waals surface area contributed by atoms with Crippen molar-refractivity contribution in [2.24, 2.45) is 0 Å². The Morgan fingerprint density at radius 2 is 2.00 bits per heavy atom. The van der Waals surface area contributed by atoms with Crippen molar-refractivity contribution in [3.8, 4) is 0 Å². The first-order valence-corrected chi connectivity index (χ1v) is 5.65. The van der Waals surface area contributed by atoms with Gasteiger partial charge in [0.25, 0.3) is 0 Å². The SMILES string of the molecule is Cc1ccsc1C(O)C(C)(C)N(C)C. The van der Waals surface area contributed by atoms with E-state index in [0.717, 1.165) is 4.88 Å². The molecule has 1 atom stereocenters. The van der Waals surface area contributed by atoms with Crippen molar-refractivity contribution in [3.63, 3.8) is 0 Å². The van der Waals surface area contributed by atoms with E-state index < -0.39 is 6.10 Å². The molecule has 0 amide bonds. The van der Waals surface area contributed by atoms with Crippen LogP contribution in [0, 0.1) is 6.92 Å². The Morgan fingerprint density at radius 1 is 1.43 bits per heavy atom. The van der Waals surface area contributed by atoms with Crippen molar-refractivity contribution in [1.29, 1.82) is 0 Å². The molecule has 0 radical (unpaired) electrons. The maximum absolute atomic E-state index is 10.3. The van der Waals surface area contributed by atoms with Crippen LogP contribution in [0.25, 0.3) is 0 Å².